The molecule has 2 N–H and O–H groups in total. The predicted octanol–water partition coefficient (Wildman–Crippen LogP) is 4.45. The first-order chi connectivity index (χ1) is 16.9. The molecule has 3 aromatic carbocycles. The van der Waals surface area contributed by atoms with Crippen LogP contribution in [-0.4, -0.2) is 48.2 Å². The van der Waals surface area contributed by atoms with Crippen LogP contribution in [0.25, 0.3) is 11.1 Å². The normalized spacial score (nSPS) is 13.8. The maximum absolute atomic E-state index is 13.2. The number of hydrogen-bond acceptors (Lipinski definition) is 4. The minimum absolute atomic E-state index is 0.0177. The topological polar surface area (TPSA) is 95.9 Å². The van der Waals surface area contributed by atoms with Crippen molar-refractivity contribution in [3.05, 3.63) is 95.6 Å². The van der Waals surface area contributed by atoms with Gasteiger partial charge in [0, 0.05) is 19.5 Å². The van der Waals surface area contributed by atoms with Gasteiger partial charge in [-0.15, -0.1) is 0 Å². The molecule has 1 unspecified atom stereocenters. The molecule has 7 heteroatoms. The second-order valence-corrected chi connectivity index (χ2v) is 8.77. The van der Waals surface area contributed by atoms with Crippen LogP contribution < -0.4 is 5.32 Å². The summed E-state index contributed by atoms with van der Waals surface area (Å²) < 4.78 is 5.63. The number of amides is 2. The number of likely N-dealkylation sites (N-methyl/N-ethyl adjacent to an activating group) is 1. The Morgan fingerprint density at radius 2 is 1.46 bits per heavy atom. The molecule has 1 aliphatic rings. The largest absolute Gasteiger partial charge is 0.481 e. The molecule has 4 rings (SSSR count). The van der Waals surface area contributed by atoms with E-state index in [0.29, 0.717) is 5.56 Å². The molecule has 0 radical (unpaired) electrons. The Hall–Kier alpha value is -4.13. The summed E-state index contributed by atoms with van der Waals surface area (Å²) in [7, 11) is 1.52. The van der Waals surface area contributed by atoms with E-state index in [1.54, 1.807) is 24.3 Å². The molecule has 2 amide bonds. The van der Waals surface area contributed by atoms with Crippen LogP contribution in [0.2, 0.25) is 0 Å². The van der Waals surface area contributed by atoms with Crippen LogP contribution in [0.3, 0.4) is 0 Å². The van der Waals surface area contributed by atoms with Gasteiger partial charge in [-0.3, -0.25) is 9.59 Å². The highest BCUT2D eigenvalue weighted by Crippen LogP contribution is 2.44. The molecule has 0 heterocycles. The lowest BCUT2D eigenvalue weighted by molar-refractivity contribution is -0.143. The molecule has 3 aromatic rings. The molecule has 0 saturated carbocycles. The van der Waals surface area contributed by atoms with Crippen molar-refractivity contribution in [3.63, 3.8) is 0 Å². The third kappa shape index (κ3) is 5.19. The third-order valence-electron chi connectivity index (χ3n) is 6.33. The number of nitrogens with zero attached hydrogens (tertiary/aromatic N) is 1. The Morgan fingerprint density at radius 1 is 0.914 bits per heavy atom. The van der Waals surface area contributed by atoms with Gasteiger partial charge < -0.3 is 20.1 Å². The standard InChI is InChI=1S/C28H28N2O5/c1-18(27(32)33)16-30(2)26(31)25(19-10-4-3-5-11-19)29-28(34)35-17-24-22-14-8-6-12-20(22)21-13-7-9-15-23(21)24/h3-15,18,24-25H,16-17H2,1-2H3,(H,29,34)(H,32,33)/t18?,25-/m1/s1. The summed E-state index contributed by atoms with van der Waals surface area (Å²) in [4.78, 5) is 38.6. The van der Waals surface area contributed by atoms with Crippen molar-refractivity contribution in [2.24, 2.45) is 5.92 Å². The van der Waals surface area contributed by atoms with Gasteiger partial charge in [0.1, 0.15) is 12.6 Å². The first-order valence-corrected chi connectivity index (χ1v) is 11.5. The first-order valence-electron chi connectivity index (χ1n) is 11.5. The van der Waals surface area contributed by atoms with Gasteiger partial charge in [0.2, 0.25) is 5.91 Å². The van der Waals surface area contributed by atoms with Crippen LogP contribution in [0.5, 0.6) is 0 Å². The number of carboxylic acids is 1. The van der Waals surface area contributed by atoms with E-state index in [1.165, 1.54) is 18.9 Å². The molecule has 0 saturated heterocycles. The highest BCUT2D eigenvalue weighted by molar-refractivity contribution is 5.87. The van der Waals surface area contributed by atoms with Crippen molar-refractivity contribution in [1.29, 1.82) is 0 Å². The SMILES string of the molecule is CC(CN(C)C(=O)[C@H](NC(=O)OCC1c2ccccc2-c2ccccc21)c1ccccc1)C(=O)O. The zero-order chi connectivity index (χ0) is 24.9. The summed E-state index contributed by atoms with van der Waals surface area (Å²) in [5.74, 6) is -2.25. The summed E-state index contributed by atoms with van der Waals surface area (Å²) in [6, 6.07) is 23.9. The summed E-state index contributed by atoms with van der Waals surface area (Å²) in [5, 5.41) is 11.9. The fourth-order valence-corrected chi connectivity index (χ4v) is 4.49. The van der Waals surface area contributed by atoms with Gasteiger partial charge in [-0.05, 0) is 27.8 Å². The van der Waals surface area contributed by atoms with Gasteiger partial charge in [-0.25, -0.2) is 4.79 Å². The van der Waals surface area contributed by atoms with Crippen LogP contribution in [-0.2, 0) is 14.3 Å². The zero-order valence-corrected chi connectivity index (χ0v) is 19.7. The highest BCUT2D eigenvalue weighted by Gasteiger charge is 2.31. The summed E-state index contributed by atoms with van der Waals surface area (Å²) >= 11 is 0. The number of benzene rings is 3. The second-order valence-electron chi connectivity index (χ2n) is 8.77. The van der Waals surface area contributed by atoms with Crippen molar-refractivity contribution in [1.82, 2.24) is 10.2 Å². The third-order valence-corrected chi connectivity index (χ3v) is 6.33. The molecule has 0 aromatic heterocycles. The molecule has 35 heavy (non-hydrogen) atoms. The van der Waals surface area contributed by atoms with E-state index in [0.717, 1.165) is 22.3 Å². The van der Waals surface area contributed by atoms with Crippen LogP contribution in [0.1, 0.15) is 35.6 Å². The minimum atomic E-state index is -1.00. The minimum Gasteiger partial charge on any atom is -0.481 e. The van der Waals surface area contributed by atoms with Gasteiger partial charge in [0.25, 0.3) is 0 Å². The maximum atomic E-state index is 13.2. The van der Waals surface area contributed by atoms with E-state index < -0.39 is 29.9 Å². The molecule has 0 fully saturated rings. The Labute approximate surface area is 204 Å². The Morgan fingerprint density at radius 3 is 2.03 bits per heavy atom. The fourth-order valence-electron chi connectivity index (χ4n) is 4.49. The lowest BCUT2D eigenvalue weighted by Gasteiger charge is -2.26. The molecular weight excluding hydrogens is 444 g/mol. The number of aliphatic carboxylic acids is 1. The number of carbonyl (C=O) groups excluding carboxylic acids is 2. The molecule has 0 spiro atoms. The monoisotopic (exact) mass is 472 g/mol. The Balaban J connectivity index is 1.48. The summed E-state index contributed by atoms with van der Waals surface area (Å²) in [6.07, 6.45) is -0.714. The van der Waals surface area contributed by atoms with E-state index in [2.05, 4.69) is 17.4 Å². The lowest BCUT2D eigenvalue weighted by Crippen LogP contribution is -2.43. The number of nitrogens with one attached hydrogen (secondary N) is 1. The van der Waals surface area contributed by atoms with E-state index in [-0.39, 0.29) is 19.1 Å². The Kier molecular flexibility index (Phi) is 7.15. The number of carbonyl (C=O) groups is 3. The lowest BCUT2D eigenvalue weighted by atomic mass is 9.98. The van der Waals surface area contributed by atoms with Crippen molar-refractivity contribution >= 4 is 18.0 Å². The second kappa shape index (κ2) is 10.4. The molecular formula is C28H28N2O5. The number of carboxylic acid groups (broad SMARTS) is 1. The van der Waals surface area contributed by atoms with Crippen LogP contribution >= 0.6 is 0 Å². The number of hydrogen-bond donors (Lipinski definition) is 2. The zero-order valence-electron chi connectivity index (χ0n) is 19.7. The predicted molar refractivity (Wildman–Crippen MR) is 132 cm³/mol. The summed E-state index contributed by atoms with van der Waals surface area (Å²) in [6.45, 7) is 1.67. The average molecular weight is 473 g/mol. The first kappa shape index (κ1) is 24.0. The molecule has 7 nitrogen and oxygen atoms in total. The van der Waals surface area contributed by atoms with E-state index in [9.17, 15) is 19.5 Å². The Bertz CT molecular complexity index is 1180. The van der Waals surface area contributed by atoms with Crippen molar-refractivity contribution in [2.75, 3.05) is 20.2 Å². The van der Waals surface area contributed by atoms with Crippen molar-refractivity contribution < 1.29 is 24.2 Å². The van der Waals surface area contributed by atoms with Gasteiger partial charge in [0.15, 0.2) is 0 Å². The molecule has 180 valence electrons. The van der Waals surface area contributed by atoms with Crippen molar-refractivity contribution in [3.8, 4) is 11.1 Å². The maximum Gasteiger partial charge on any atom is 0.408 e. The molecule has 1 aliphatic carbocycles. The molecule has 0 aliphatic heterocycles. The van der Waals surface area contributed by atoms with Gasteiger partial charge in [-0.1, -0.05) is 85.8 Å². The molecule has 0 bridgehead atoms. The van der Waals surface area contributed by atoms with E-state index in [4.69, 9.17) is 4.74 Å². The quantitative estimate of drug-likeness (QED) is 0.505. The highest BCUT2D eigenvalue weighted by atomic mass is 16.5. The molecule has 2 atom stereocenters. The number of rotatable bonds is 8. The van der Waals surface area contributed by atoms with Crippen molar-refractivity contribution in [2.45, 2.75) is 18.9 Å². The van der Waals surface area contributed by atoms with Crippen LogP contribution in [0.4, 0.5) is 4.79 Å². The number of alkyl carbamates (subject to hydrolysis) is 1. The smallest absolute Gasteiger partial charge is 0.408 e. The van der Waals surface area contributed by atoms with Crippen LogP contribution in [0, 0.1) is 5.92 Å². The average Bonchev–Trinajstić information content (AvgIpc) is 3.19. The van der Waals surface area contributed by atoms with Crippen LogP contribution in [0.15, 0.2) is 78.9 Å². The van der Waals surface area contributed by atoms with E-state index in [1.807, 2.05) is 42.5 Å². The number of ether oxygens (including phenoxy) is 1. The summed E-state index contributed by atoms with van der Waals surface area (Å²) in [5.41, 5.74) is 5.03. The fraction of sp³-hybridized carbons (Fsp3) is 0.250. The van der Waals surface area contributed by atoms with E-state index >= 15 is 0 Å². The van der Waals surface area contributed by atoms with Gasteiger partial charge in [-0.2, -0.15) is 0 Å². The van der Waals surface area contributed by atoms with Gasteiger partial charge in [0.05, 0.1) is 5.92 Å². The van der Waals surface area contributed by atoms with Gasteiger partial charge >= 0.3 is 12.1 Å². The number of fused-ring (bicyclic) bond motifs is 3.